The van der Waals surface area contributed by atoms with Crippen LogP contribution >= 0.6 is 22.9 Å². The van der Waals surface area contributed by atoms with Crippen LogP contribution in [0, 0.1) is 0 Å². The lowest BCUT2D eigenvalue weighted by Crippen LogP contribution is -2.01. The predicted molar refractivity (Wildman–Crippen MR) is 122 cm³/mol. The van der Waals surface area contributed by atoms with Crippen molar-refractivity contribution in [3.8, 4) is 11.1 Å². The molecule has 1 aromatic heterocycles. The van der Waals surface area contributed by atoms with Crippen LogP contribution in [0.5, 0.6) is 0 Å². The Bertz CT molecular complexity index is 1230. The quantitative estimate of drug-likeness (QED) is 0.202. The molecule has 0 N–H and O–H groups in total. The molecular weight excluding hydrogens is 445 g/mol. The summed E-state index contributed by atoms with van der Waals surface area (Å²) < 4.78 is 8.22. The Morgan fingerprint density at radius 2 is 1.26 bits per heavy atom. The lowest BCUT2D eigenvalue weighted by atomic mass is 10.1. The summed E-state index contributed by atoms with van der Waals surface area (Å²) >= 11 is 2.37. The van der Waals surface area contributed by atoms with E-state index in [1.165, 1.54) is 11.1 Å². The third-order valence-corrected chi connectivity index (χ3v) is 5.87. The van der Waals surface area contributed by atoms with E-state index < -0.39 is 0 Å². The molecule has 0 saturated heterocycles. The van der Waals surface area contributed by atoms with Gasteiger partial charge in [0.25, 0.3) is 0 Å². The number of nitrogens with zero attached hydrogens (tertiary/aromatic N) is 1. The average Bonchev–Trinajstić information content (AvgIpc) is 3.13. The van der Waals surface area contributed by atoms with E-state index in [1.807, 2.05) is 30.3 Å². The van der Waals surface area contributed by atoms with Crippen LogP contribution in [-0.4, -0.2) is 0 Å². The fourth-order valence-corrected chi connectivity index (χ4v) is 4.20. The number of halogens is 1. The first-order valence-electron chi connectivity index (χ1n) is 8.83. The molecule has 0 aliphatic heterocycles. The highest BCUT2D eigenvalue weighted by molar-refractivity contribution is 14.1. The van der Waals surface area contributed by atoms with E-state index in [9.17, 15) is 0 Å². The van der Waals surface area contributed by atoms with Crippen molar-refractivity contribution in [2.75, 3.05) is 3.11 Å². The maximum atomic E-state index is 6.03. The molecule has 1 heterocycles. The zero-order valence-electron chi connectivity index (χ0n) is 14.5. The number of hydrogen-bond acceptors (Lipinski definition) is 2. The molecule has 0 fully saturated rings. The van der Waals surface area contributed by atoms with Gasteiger partial charge in [0.15, 0.2) is 0 Å². The highest BCUT2D eigenvalue weighted by Crippen LogP contribution is 2.40. The molecule has 5 aromatic rings. The molecule has 0 amide bonds. The van der Waals surface area contributed by atoms with Crippen LogP contribution in [0.25, 0.3) is 33.1 Å². The lowest BCUT2D eigenvalue weighted by Gasteiger charge is -2.18. The molecular formula is C24H16INO. The van der Waals surface area contributed by atoms with Gasteiger partial charge in [0.1, 0.15) is 11.2 Å². The first-order chi connectivity index (χ1) is 13.3. The van der Waals surface area contributed by atoms with Gasteiger partial charge >= 0.3 is 0 Å². The lowest BCUT2D eigenvalue weighted by molar-refractivity contribution is 0.669. The minimum atomic E-state index is 0.913. The van der Waals surface area contributed by atoms with Crippen LogP contribution in [0.4, 0.5) is 11.4 Å². The van der Waals surface area contributed by atoms with Crippen LogP contribution < -0.4 is 3.11 Å². The summed E-state index contributed by atoms with van der Waals surface area (Å²) in [6, 6.07) is 33.5. The smallest absolute Gasteiger partial charge is 0.137 e. The maximum absolute atomic E-state index is 6.03. The van der Waals surface area contributed by atoms with Crippen LogP contribution in [-0.2, 0) is 0 Å². The van der Waals surface area contributed by atoms with E-state index in [-0.39, 0.29) is 0 Å². The van der Waals surface area contributed by atoms with Crippen molar-refractivity contribution < 1.29 is 4.42 Å². The summed E-state index contributed by atoms with van der Waals surface area (Å²) in [5.74, 6) is 0. The third kappa shape index (κ3) is 2.88. The summed E-state index contributed by atoms with van der Waals surface area (Å²) in [5.41, 5.74) is 6.54. The van der Waals surface area contributed by atoms with E-state index in [0.717, 1.165) is 33.3 Å². The Morgan fingerprint density at radius 3 is 2.07 bits per heavy atom. The molecule has 2 nitrogen and oxygen atoms in total. The number of anilines is 2. The Kier molecular flexibility index (Phi) is 4.09. The van der Waals surface area contributed by atoms with Gasteiger partial charge in [-0.3, -0.25) is 3.11 Å². The molecule has 0 aliphatic carbocycles. The van der Waals surface area contributed by atoms with Crippen molar-refractivity contribution in [3.63, 3.8) is 0 Å². The number of para-hydroxylation sites is 1. The Hall–Kier alpha value is -2.79. The van der Waals surface area contributed by atoms with Gasteiger partial charge in [-0.05, 0) is 41.5 Å². The van der Waals surface area contributed by atoms with Crippen molar-refractivity contribution in [1.29, 1.82) is 0 Å². The minimum absolute atomic E-state index is 0.913. The van der Waals surface area contributed by atoms with E-state index in [4.69, 9.17) is 4.42 Å². The van der Waals surface area contributed by atoms with Crippen molar-refractivity contribution >= 4 is 56.2 Å². The predicted octanol–water partition coefficient (Wildman–Crippen LogP) is 7.74. The minimum Gasteiger partial charge on any atom is -0.456 e. The Labute approximate surface area is 171 Å². The van der Waals surface area contributed by atoms with Gasteiger partial charge in [-0.25, -0.2) is 0 Å². The highest BCUT2D eigenvalue weighted by atomic mass is 127. The monoisotopic (exact) mass is 461 g/mol. The summed E-state index contributed by atoms with van der Waals surface area (Å²) in [4.78, 5) is 0. The van der Waals surface area contributed by atoms with Gasteiger partial charge in [0.05, 0.1) is 39.6 Å². The van der Waals surface area contributed by atoms with Crippen molar-refractivity contribution in [3.05, 3.63) is 97.1 Å². The number of furan rings is 1. The van der Waals surface area contributed by atoms with Gasteiger partial charge in [-0.15, -0.1) is 0 Å². The number of hydrogen-bond donors (Lipinski definition) is 0. The molecule has 0 unspecified atom stereocenters. The van der Waals surface area contributed by atoms with Crippen LogP contribution in [0.3, 0.4) is 0 Å². The fraction of sp³-hybridized carbons (Fsp3) is 0. The van der Waals surface area contributed by atoms with Crippen molar-refractivity contribution in [2.24, 2.45) is 0 Å². The van der Waals surface area contributed by atoms with Crippen LogP contribution in [0.2, 0.25) is 0 Å². The standard InChI is InChI=1S/C24H16INO/c25-26(19-15-13-18(14-16-19)17-7-2-1-3-8-17)21-10-6-12-23-24(21)20-9-4-5-11-22(20)27-23/h1-16H. The molecule has 0 saturated carbocycles. The number of rotatable bonds is 3. The summed E-state index contributed by atoms with van der Waals surface area (Å²) in [5, 5.41) is 2.29. The second kappa shape index (κ2) is 6.74. The molecule has 5 rings (SSSR count). The largest absolute Gasteiger partial charge is 0.456 e. The maximum Gasteiger partial charge on any atom is 0.137 e. The topological polar surface area (TPSA) is 16.4 Å². The van der Waals surface area contributed by atoms with Crippen molar-refractivity contribution in [2.45, 2.75) is 0 Å². The first-order valence-corrected chi connectivity index (χ1v) is 9.79. The van der Waals surface area contributed by atoms with Gasteiger partial charge < -0.3 is 4.42 Å². The van der Waals surface area contributed by atoms with E-state index in [1.54, 1.807) is 0 Å². The zero-order chi connectivity index (χ0) is 18.2. The SMILES string of the molecule is IN(c1ccc(-c2ccccc2)cc1)c1cccc2oc3ccccc3c12. The van der Waals surface area contributed by atoms with Crippen molar-refractivity contribution in [1.82, 2.24) is 0 Å². The first kappa shape index (κ1) is 16.4. The van der Waals surface area contributed by atoms with Gasteiger partial charge in [-0.2, -0.15) is 0 Å². The molecule has 4 aromatic carbocycles. The van der Waals surface area contributed by atoms with E-state index in [0.29, 0.717) is 0 Å². The molecule has 130 valence electrons. The Morgan fingerprint density at radius 1 is 0.593 bits per heavy atom. The zero-order valence-corrected chi connectivity index (χ0v) is 16.6. The third-order valence-electron chi connectivity index (χ3n) is 4.79. The summed E-state index contributed by atoms with van der Waals surface area (Å²) in [6.07, 6.45) is 0. The summed E-state index contributed by atoms with van der Waals surface area (Å²) in [6.45, 7) is 0. The van der Waals surface area contributed by atoms with Gasteiger partial charge in [-0.1, -0.05) is 66.7 Å². The molecule has 3 heteroatoms. The molecule has 27 heavy (non-hydrogen) atoms. The van der Waals surface area contributed by atoms with E-state index in [2.05, 4.69) is 92.7 Å². The normalized spacial score (nSPS) is 11.1. The summed E-state index contributed by atoms with van der Waals surface area (Å²) in [7, 11) is 0. The van der Waals surface area contributed by atoms with Crippen LogP contribution in [0.1, 0.15) is 0 Å². The highest BCUT2D eigenvalue weighted by Gasteiger charge is 2.15. The molecule has 0 radical (unpaired) electrons. The van der Waals surface area contributed by atoms with Gasteiger partial charge in [0, 0.05) is 5.39 Å². The van der Waals surface area contributed by atoms with Crippen LogP contribution in [0.15, 0.2) is 101 Å². The molecule has 0 atom stereocenters. The fourth-order valence-electron chi connectivity index (χ4n) is 3.47. The molecule has 0 spiro atoms. The van der Waals surface area contributed by atoms with Gasteiger partial charge in [0.2, 0.25) is 0 Å². The molecule has 0 aliphatic rings. The average molecular weight is 461 g/mol. The molecule has 0 bridgehead atoms. The van der Waals surface area contributed by atoms with E-state index >= 15 is 0 Å². The Balaban J connectivity index is 1.59. The second-order valence-corrected chi connectivity index (χ2v) is 7.41. The number of fused-ring (bicyclic) bond motifs is 3. The number of benzene rings is 4. The second-order valence-electron chi connectivity index (χ2n) is 6.44.